The molecule has 2 aromatic carbocycles. The van der Waals surface area contributed by atoms with Gasteiger partial charge in [0.05, 0.1) is 22.9 Å². The van der Waals surface area contributed by atoms with Crippen molar-refractivity contribution in [3.63, 3.8) is 0 Å². The minimum absolute atomic E-state index is 0.127. The van der Waals surface area contributed by atoms with Crippen molar-refractivity contribution in [3.05, 3.63) is 48.0 Å². The van der Waals surface area contributed by atoms with E-state index in [0.717, 1.165) is 31.9 Å². The van der Waals surface area contributed by atoms with Gasteiger partial charge in [-0.25, -0.2) is 8.42 Å². The molecule has 9 heteroatoms. The Hall–Kier alpha value is -2.78. The Morgan fingerprint density at radius 3 is 2.44 bits per heavy atom. The fourth-order valence-electron chi connectivity index (χ4n) is 3.42. The molecule has 0 radical (unpaired) electrons. The van der Waals surface area contributed by atoms with E-state index in [4.69, 9.17) is 4.74 Å². The number of ether oxygens (including phenoxy) is 1. The summed E-state index contributed by atoms with van der Waals surface area (Å²) < 4.78 is 34.3. The fraction of sp³-hybridized carbons (Fsp3) is 0.435. The number of nitrogens with one attached hydrogen (secondary N) is 3. The van der Waals surface area contributed by atoms with Gasteiger partial charge < -0.3 is 20.3 Å². The van der Waals surface area contributed by atoms with Crippen molar-refractivity contribution in [2.75, 3.05) is 49.0 Å². The maximum absolute atomic E-state index is 13.1. The number of carbonyl (C=O) groups excluding carboxylic acids is 1. The smallest absolute Gasteiger partial charge is 0.261 e. The maximum Gasteiger partial charge on any atom is 0.261 e. The van der Waals surface area contributed by atoms with Gasteiger partial charge in [0.15, 0.2) is 0 Å². The Morgan fingerprint density at radius 1 is 1.12 bits per heavy atom. The van der Waals surface area contributed by atoms with Crippen LogP contribution in [0, 0.1) is 5.92 Å². The van der Waals surface area contributed by atoms with E-state index < -0.39 is 10.0 Å². The van der Waals surface area contributed by atoms with Crippen LogP contribution in [0.25, 0.3) is 0 Å². The summed E-state index contributed by atoms with van der Waals surface area (Å²) in [6.45, 7) is 10.1. The van der Waals surface area contributed by atoms with E-state index >= 15 is 0 Å². The predicted molar refractivity (Wildman–Crippen MR) is 127 cm³/mol. The molecule has 1 amide bonds. The van der Waals surface area contributed by atoms with Crippen LogP contribution in [0.4, 0.5) is 11.4 Å². The van der Waals surface area contributed by atoms with E-state index in [9.17, 15) is 13.2 Å². The second kappa shape index (κ2) is 10.7. The molecule has 0 atom stereocenters. The third kappa shape index (κ3) is 6.14. The summed E-state index contributed by atoms with van der Waals surface area (Å²) in [5, 5.41) is 6.18. The number of piperazine rings is 1. The van der Waals surface area contributed by atoms with Crippen LogP contribution in [0.3, 0.4) is 0 Å². The van der Waals surface area contributed by atoms with Crippen molar-refractivity contribution >= 4 is 27.3 Å². The molecule has 1 fully saturated rings. The molecule has 1 saturated heterocycles. The lowest BCUT2D eigenvalue weighted by molar-refractivity contribution is 0.0949. The number of sulfonamides is 1. The molecule has 3 N–H and O–H groups in total. The molecule has 1 heterocycles. The molecule has 0 aromatic heterocycles. The number of nitrogens with zero attached hydrogens (tertiary/aromatic N) is 1. The average Bonchev–Trinajstić information content (AvgIpc) is 2.78. The summed E-state index contributed by atoms with van der Waals surface area (Å²) in [5.41, 5.74) is 1.55. The van der Waals surface area contributed by atoms with Crippen molar-refractivity contribution in [3.8, 4) is 5.75 Å². The first-order chi connectivity index (χ1) is 15.3. The second-order valence-electron chi connectivity index (χ2n) is 8.08. The standard InChI is InChI=1S/C23H32N4O4S/c1-4-31-19-6-8-20(9-7-19)32(29,30)26-21-15-18(23(28)25-16-17(2)3)5-10-22(21)27-13-11-24-12-14-27/h5-10,15,17,24,26H,4,11-14,16H2,1-3H3,(H,25,28). The van der Waals surface area contributed by atoms with Gasteiger partial charge in [-0.15, -0.1) is 0 Å². The fourth-order valence-corrected chi connectivity index (χ4v) is 4.49. The zero-order valence-electron chi connectivity index (χ0n) is 18.8. The highest BCUT2D eigenvalue weighted by Gasteiger charge is 2.21. The monoisotopic (exact) mass is 460 g/mol. The van der Waals surface area contributed by atoms with Crippen molar-refractivity contribution < 1.29 is 17.9 Å². The van der Waals surface area contributed by atoms with Crippen LogP contribution in [0.1, 0.15) is 31.1 Å². The number of carbonyl (C=O) groups is 1. The van der Waals surface area contributed by atoms with E-state index in [1.54, 1.807) is 24.3 Å². The molecule has 0 bridgehead atoms. The van der Waals surface area contributed by atoms with Gasteiger partial charge in [-0.05, 0) is 55.3 Å². The summed E-state index contributed by atoms with van der Waals surface area (Å²) in [6.07, 6.45) is 0. The maximum atomic E-state index is 13.1. The second-order valence-corrected chi connectivity index (χ2v) is 9.77. The lowest BCUT2D eigenvalue weighted by Gasteiger charge is -2.31. The van der Waals surface area contributed by atoms with Crippen molar-refractivity contribution in [1.29, 1.82) is 0 Å². The molecular formula is C23H32N4O4S. The van der Waals surface area contributed by atoms with E-state index in [1.807, 2.05) is 26.8 Å². The number of rotatable bonds is 9. The lowest BCUT2D eigenvalue weighted by Crippen LogP contribution is -2.43. The third-order valence-corrected chi connectivity index (χ3v) is 6.46. The highest BCUT2D eigenvalue weighted by molar-refractivity contribution is 7.92. The van der Waals surface area contributed by atoms with Gasteiger partial charge in [-0.2, -0.15) is 0 Å². The van der Waals surface area contributed by atoms with Crippen LogP contribution in [-0.4, -0.2) is 53.7 Å². The van der Waals surface area contributed by atoms with Gasteiger partial charge in [0.25, 0.3) is 15.9 Å². The zero-order valence-corrected chi connectivity index (χ0v) is 19.7. The molecule has 0 aliphatic carbocycles. The number of anilines is 2. The quantitative estimate of drug-likeness (QED) is 0.532. The molecule has 174 valence electrons. The van der Waals surface area contributed by atoms with E-state index in [2.05, 4.69) is 20.3 Å². The normalized spacial score (nSPS) is 14.3. The highest BCUT2D eigenvalue weighted by Crippen LogP contribution is 2.30. The van der Waals surface area contributed by atoms with Crippen LogP contribution >= 0.6 is 0 Å². The Balaban J connectivity index is 1.91. The summed E-state index contributed by atoms with van der Waals surface area (Å²) in [6, 6.07) is 11.4. The first-order valence-electron chi connectivity index (χ1n) is 10.9. The van der Waals surface area contributed by atoms with Gasteiger partial charge >= 0.3 is 0 Å². The Bertz CT molecular complexity index is 1020. The Kier molecular flexibility index (Phi) is 7.98. The molecular weight excluding hydrogens is 428 g/mol. The molecule has 8 nitrogen and oxygen atoms in total. The summed E-state index contributed by atoms with van der Waals surface area (Å²) >= 11 is 0. The van der Waals surface area contributed by atoms with E-state index in [1.165, 1.54) is 12.1 Å². The minimum atomic E-state index is -3.85. The summed E-state index contributed by atoms with van der Waals surface area (Å²) in [4.78, 5) is 14.8. The van der Waals surface area contributed by atoms with Gasteiger partial charge in [0.2, 0.25) is 0 Å². The zero-order chi connectivity index (χ0) is 23.1. The SMILES string of the molecule is CCOc1ccc(S(=O)(=O)Nc2cc(C(=O)NCC(C)C)ccc2N2CCNCC2)cc1. The van der Waals surface area contributed by atoms with Crippen LogP contribution < -0.4 is 25.0 Å². The molecule has 2 aromatic rings. The van der Waals surface area contributed by atoms with Crippen molar-refractivity contribution in [1.82, 2.24) is 10.6 Å². The van der Waals surface area contributed by atoms with Crippen LogP contribution in [0.5, 0.6) is 5.75 Å². The van der Waals surface area contributed by atoms with Crippen LogP contribution in [0.2, 0.25) is 0 Å². The summed E-state index contributed by atoms with van der Waals surface area (Å²) in [5.74, 6) is 0.695. The Morgan fingerprint density at radius 2 is 1.81 bits per heavy atom. The average molecular weight is 461 g/mol. The molecule has 0 unspecified atom stereocenters. The lowest BCUT2D eigenvalue weighted by atomic mass is 10.1. The number of amides is 1. The van der Waals surface area contributed by atoms with Crippen LogP contribution in [0.15, 0.2) is 47.4 Å². The summed E-state index contributed by atoms with van der Waals surface area (Å²) in [7, 11) is -3.85. The molecule has 0 saturated carbocycles. The van der Waals surface area contributed by atoms with E-state index in [-0.39, 0.29) is 10.8 Å². The van der Waals surface area contributed by atoms with Gasteiger partial charge in [-0.1, -0.05) is 13.8 Å². The third-order valence-electron chi connectivity index (χ3n) is 5.08. The number of hydrogen-bond acceptors (Lipinski definition) is 6. The molecule has 1 aliphatic rings. The van der Waals surface area contributed by atoms with Gasteiger partial charge in [0, 0.05) is 38.3 Å². The van der Waals surface area contributed by atoms with E-state index in [0.29, 0.717) is 36.1 Å². The van der Waals surface area contributed by atoms with Crippen molar-refractivity contribution in [2.45, 2.75) is 25.7 Å². The first kappa shape index (κ1) is 23.9. The predicted octanol–water partition coefficient (Wildman–Crippen LogP) is 2.68. The van der Waals surface area contributed by atoms with Gasteiger partial charge in [-0.3, -0.25) is 9.52 Å². The number of benzene rings is 2. The first-order valence-corrected chi connectivity index (χ1v) is 12.4. The topological polar surface area (TPSA) is 99.8 Å². The highest BCUT2D eigenvalue weighted by atomic mass is 32.2. The largest absolute Gasteiger partial charge is 0.494 e. The van der Waals surface area contributed by atoms with Crippen LogP contribution in [-0.2, 0) is 10.0 Å². The molecule has 3 rings (SSSR count). The minimum Gasteiger partial charge on any atom is -0.494 e. The van der Waals surface area contributed by atoms with Gasteiger partial charge in [0.1, 0.15) is 5.75 Å². The molecule has 32 heavy (non-hydrogen) atoms. The molecule has 1 aliphatic heterocycles. The number of hydrogen-bond donors (Lipinski definition) is 3. The Labute approximate surface area is 190 Å². The van der Waals surface area contributed by atoms with Crippen molar-refractivity contribution in [2.24, 2.45) is 5.92 Å². The molecule has 0 spiro atoms.